The van der Waals surface area contributed by atoms with Gasteiger partial charge in [0.05, 0.1) is 10.9 Å². The Morgan fingerprint density at radius 1 is 1.69 bits per heavy atom. The van der Waals surface area contributed by atoms with E-state index in [4.69, 9.17) is 0 Å². The third-order valence-corrected chi connectivity index (χ3v) is 3.18. The van der Waals surface area contributed by atoms with Crippen molar-refractivity contribution < 1.29 is 4.79 Å². The van der Waals surface area contributed by atoms with Crippen LogP contribution < -0.4 is 5.32 Å². The highest BCUT2D eigenvalue weighted by molar-refractivity contribution is 7.12. The van der Waals surface area contributed by atoms with Crippen LogP contribution >= 0.6 is 11.3 Å². The molecule has 2 rings (SSSR count). The van der Waals surface area contributed by atoms with E-state index in [0.29, 0.717) is 0 Å². The number of imidazole rings is 1. The lowest BCUT2D eigenvalue weighted by Crippen LogP contribution is -2.28. The third-order valence-electron chi connectivity index (χ3n) is 2.31. The summed E-state index contributed by atoms with van der Waals surface area (Å²) in [7, 11) is 0. The van der Waals surface area contributed by atoms with Crippen LogP contribution in [0.3, 0.4) is 0 Å². The number of rotatable bonds is 4. The molecule has 0 saturated carbocycles. The molecule has 1 unspecified atom stereocenters. The van der Waals surface area contributed by atoms with Gasteiger partial charge in [0.25, 0.3) is 5.91 Å². The highest BCUT2D eigenvalue weighted by Gasteiger charge is 2.16. The molecule has 0 aromatic carbocycles. The zero-order valence-corrected chi connectivity index (χ0v) is 9.75. The fourth-order valence-corrected chi connectivity index (χ4v) is 2.10. The normalized spacial score (nSPS) is 12.3. The second-order valence-corrected chi connectivity index (χ2v) is 4.33. The number of carbonyl (C=O) groups excluding carboxylic acids is 1. The van der Waals surface area contributed by atoms with E-state index in [0.717, 1.165) is 17.1 Å². The van der Waals surface area contributed by atoms with E-state index in [1.54, 1.807) is 12.4 Å². The molecular weight excluding hydrogens is 222 g/mol. The minimum Gasteiger partial charge on any atom is -0.347 e. The average molecular weight is 235 g/mol. The molecule has 2 heterocycles. The molecule has 0 aliphatic heterocycles. The molecule has 4 nitrogen and oxygen atoms in total. The second-order valence-electron chi connectivity index (χ2n) is 3.39. The zero-order valence-electron chi connectivity index (χ0n) is 8.93. The molecule has 0 aliphatic rings. The Morgan fingerprint density at radius 2 is 2.56 bits per heavy atom. The van der Waals surface area contributed by atoms with Gasteiger partial charge in [-0.1, -0.05) is 13.0 Å². The van der Waals surface area contributed by atoms with Crippen molar-refractivity contribution in [3.05, 3.63) is 40.6 Å². The van der Waals surface area contributed by atoms with Gasteiger partial charge in [0.2, 0.25) is 0 Å². The van der Waals surface area contributed by atoms with Gasteiger partial charge in [-0.05, 0) is 17.9 Å². The predicted octanol–water partition coefficient (Wildman–Crippen LogP) is 2.35. The molecule has 2 N–H and O–H groups in total. The Morgan fingerprint density at radius 3 is 3.12 bits per heavy atom. The van der Waals surface area contributed by atoms with Gasteiger partial charge in [-0.2, -0.15) is 0 Å². The fourth-order valence-electron chi connectivity index (χ4n) is 1.47. The first kappa shape index (κ1) is 10.9. The fraction of sp³-hybridized carbons (Fsp3) is 0.273. The molecule has 0 saturated heterocycles. The van der Waals surface area contributed by atoms with Crippen LogP contribution in [-0.4, -0.2) is 15.9 Å². The first-order valence-corrected chi connectivity index (χ1v) is 6.03. The Bertz CT molecular complexity index is 436. The summed E-state index contributed by atoms with van der Waals surface area (Å²) in [6.45, 7) is 2.02. The molecule has 1 amide bonds. The molecule has 2 aromatic rings. The number of aromatic nitrogens is 2. The van der Waals surface area contributed by atoms with Gasteiger partial charge in [0.1, 0.15) is 5.82 Å². The lowest BCUT2D eigenvalue weighted by molar-refractivity contribution is 0.0938. The van der Waals surface area contributed by atoms with Crippen molar-refractivity contribution in [2.75, 3.05) is 0 Å². The summed E-state index contributed by atoms with van der Waals surface area (Å²) in [5.74, 6) is 0.755. The van der Waals surface area contributed by atoms with Gasteiger partial charge < -0.3 is 10.3 Å². The number of amides is 1. The number of nitrogens with one attached hydrogen (secondary N) is 2. The van der Waals surface area contributed by atoms with Crippen molar-refractivity contribution in [1.29, 1.82) is 0 Å². The smallest absolute Gasteiger partial charge is 0.261 e. The highest BCUT2D eigenvalue weighted by atomic mass is 32.1. The number of nitrogens with zero attached hydrogens (tertiary/aromatic N) is 1. The van der Waals surface area contributed by atoms with E-state index >= 15 is 0 Å². The third kappa shape index (κ3) is 2.30. The number of H-pyrrole nitrogens is 1. The number of hydrogen-bond donors (Lipinski definition) is 2. The first-order chi connectivity index (χ1) is 7.81. The summed E-state index contributed by atoms with van der Waals surface area (Å²) < 4.78 is 0. The summed E-state index contributed by atoms with van der Waals surface area (Å²) in [6, 6.07) is 3.63. The molecule has 5 heteroatoms. The molecule has 2 aromatic heterocycles. The Hall–Kier alpha value is -1.62. The monoisotopic (exact) mass is 235 g/mol. The van der Waals surface area contributed by atoms with Gasteiger partial charge in [0.15, 0.2) is 0 Å². The molecule has 0 spiro atoms. The maximum atomic E-state index is 11.8. The molecule has 0 bridgehead atoms. The van der Waals surface area contributed by atoms with Crippen LogP contribution in [0.25, 0.3) is 0 Å². The van der Waals surface area contributed by atoms with E-state index in [1.165, 1.54) is 11.3 Å². The minimum atomic E-state index is -0.0513. The number of hydrogen-bond acceptors (Lipinski definition) is 3. The quantitative estimate of drug-likeness (QED) is 0.854. The molecule has 0 radical (unpaired) electrons. The van der Waals surface area contributed by atoms with Gasteiger partial charge in [-0.25, -0.2) is 4.98 Å². The summed E-state index contributed by atoms with van der Waals surface area (Å²) in [5.41, 5.74) is 0. The molecule has 84 valence electrons. The van der Waals surface area contributed by atoms with E-state index < -0.39 is 0 Å². The van der Waals surface area contributed by atoms with E-state index in [2.05, 4.69) is 15.3 Å². The van der Waals surface area contributed by atoms with Crippen LogP contribution in [0.5, 0.6) is 0 Å². The van der Waals surface area contributed by atoms with Crippen LogP contribution in [-0.2, 0) is 0 Å². The average Bonchev–Trinajstić information content (AvgIpc) is 2.96. The molecule has 0 aliphatic carbocycles. The van der Waals surface area contributed by atoms with Crippen LogP contribution in [0.15, 0.2) is 29.9 Å². The maximum Gasteiger partial charge on any atom is 0.261 e. The largest absolute Gasteiger partial charge is 0.347 e. The molecular formula is C11H13N3OS. The zero-order chi connectivity index (χ0) is 11.4. The Kier molecular flexibility index (Phi) is 3.36. The Labute approximate surface area is 97.7 Å². The van der Waals surface area contributed by atoms with Crippen LogP contribution in [0.4, 0.5) is 0 Å². The number of aromatic amines is 1. The van der Waals surface area contributed by atoms with Crippen molar-refractivity contribution in [3.63, 3.8) is 0 Å². The second kappa shape index (κ2) is 4.94. The predicted molar refractivity (Wildman–Crippen MR) is 63.4 cm³/mol. The summed E-state index contributed by atoms with van der Waals surface area (Å²) in [4.78, 5) is 19.7. The number of carbonyl (C=O) groups is 1. The van der Waals surface area contributed by atoms with Crippen LogP contribution in [0.2, 0.25) is 0 Å². The van der Waals surface area contributed by atoms with Crippen LogP contribution in [0, 0.1) is 0 Å². The SMILES string of the molecule is CCC(NC(=O)c1cccs1)c1ncc[nH]1. The van der Waals surface area contributed by atoms with Crippen molar-refractivity contribution in [3.8, 4) is 0 Å². The van der Waals surface area contributed by atoms with Gasteiger partial charge in [-0.15, -0.1) is 11.3 Å². The molecule has 16 heavy (non-hydrogen) atoms. The van der Waals surface area contributed by atoms with E-state index in [1.807, 2.05) is 24.4 Å². The first-order valence-electron chi connectivity index (χ1n) is 5.15. The maximum absolute atomic E-state index is 11.8. The van der Waals surface area contributed by atoms with E-state index in [9.17, 15) is 4.79 Å². The molecule has 0 fully saturated rings. The minimum absolute atomic E-state index is 0.0433. The van der Waals surface area contributed by atoms with E-state index in [-0.39, 0.29) is 11.9 Å². The summed E-state index contributed by atoms with van der Waals surface area (Å²) in [5, 5.41) is 4.84. The highest BCUT2D eigenvalue weighted by Crippen LogP contribution is 2.14. The summed E-state index contributed by atoms with van der Waals surface area (Å²) >= 11 is 1.44. The standard InChI is InChI=1S/C11H13N3OS/c1-2-8(10-12-5-6-13-10)14-11(15)9-4-3-7-16-9/h3-8H,2H2,1H3,(H,12,13)(H,14,15). The topological polar surface area (TPSA) is 57.8 Å². The van der Waals surface area contributed by atoms with Gasteiger partial charge in [0, 0.05) is 12.4 Å². The van der Waals surface area contributed by atoms with Crippen molar-refractivity contribution in [1.82, 2.24) is 15.3 Å². The van der Waals surface area contributed by atoms with Gasteiger partial charge >= 0.3 is 0 Å². The van der Waals surface area contributed by atoms with Crippen molar-refractivity contribution in [2.24, 2.45) is 0 Å². The summed E-state index contributed by atoms with van der Waals surface area (Å²) in [6.07, 6.45) is 4.26. The van der Waals surface area contributed by atoms with Crippen molar-refractivity contribution in [2.45, 2.75) is 19.4 Å². The number of thiophene rings is 1. The Balaban J connectivity index is 2.05. The molecule has 1 atom stereocenters. The lowest BCUT2D eigenvalue weighted by atomic mass is 10.2. The van der Waals surface area contributed by atoms with Crippen LogP contribution in [0.1, 0.15) is 34.9 Å². The lowest BCUT2D eigenvalue weighted by Gasteiger charge is -2.13. The van der Waals surface area contributed by atoms with Gasteiger partial charge in [-0.3, -0.25) is 4.79 Å². The van der Waals surface area contributed by atoms with Crippen molar-refractivity contribution >= 4 is 17.2 Å².